The quantitative estimate of drug-likeness (QED) is 0.461. The van der Waals surface area contributed by atoms with E-state index in [1.54, 1.807) is 27.7 Å². The predicted octanol–water partition coefficient (Wildman–Crippen LogP) is 5.27. The van der Waals surface area contributed by atoms with Gasteiger partial charge in [0, 0.05) is 18.3 Å². The van der Waals surface area contributed by atoms with E-state index < -0.39 is 71.0 Å². The molecule has 1 aromatic carbocycles. The predicted molar refractivity (Wildman–Crippen MR) is 156 cm³/mol. The number of benzene rings is 1. The average molecular weight is 612 g/mol. The van der Waals surface area contributed by atoms with Crippen molar-refractivity contribution in [1.82, 2.24) is 20.2 Å². The molecule has 236 valence electrons. The number of fused-ring (bicyclic) bond motifs is 5. The molecule has 1 aliphatic carbocycles. The number of nitrogens with one attached hydrogen (secondary N) is 1. The molecule has 2 aliphatic heterocycles. The number of hydrogen-bond donors (Lipinski definition) is 1. The van der Waals surface area contributed by atoms with Crippen LogP contribution in [-0.4, -0.2) is 63.0 Å². The zero-order valence-electron chi connectivity index (χ0n) is 25.9. The van der Waals surface area contributed by atoms with E-state index in [2.05, 4.69) is 15.3 Å². The second kappa shape index (κ2) is 11.2. The minimum Gasteiger partial charge on any atom is -0.471 e. The Bertz CT molecular complexity index is 1540. The molecule has 0 spiro atoms. The van der Waals surface area contributed by atoms with Crippen LogP contribution in [-0.2, 0) is 20.2 Å². The maximum absolute atomic E-state index is 15.9. The van der Waals surface area contributed by atoms with Crippen molar-refractivity contribution in [3.8, 4) is 11.9 Å². The minimum absolute atomic E-state index is 0.0144. The van der Waals surface area contributed by atoms with Crippen LogP contribution in [0.4, 0.5) is 13.6 Å². The number of halogens is 2. The van der Waals surface area contributed by atoms with Crippen LogP contribution in [0.3, 0.4) is 0 Å². The van der Waals surface area contributed by atoms with Crippen molar-refractivity contribution in [2.75, 3.05) is 6.54 Å². The van der Waals surface area contributed by atoms with Crippen molar-refractivity contribution in [3.05, 3.63) is 29.5 Å². The lowest BCUT2D eigenvalue weighted by Gasteiger charge is -2.35. The second-order valence-electron chi connectivity index (χ2n) is 13.8. The lowest BCUT2D eigenvalue weighted by Crippen LogP contribution is -2.57. The van der Waals surface area contributed by atoms with Gasteiger partial charge < -0.3 is 19.7 Å². The Hall–Kier alpha value is -3.88. The van der Waals surface area contributed by atoms with Gasteiger partial charge in [-0.1, -0.05) is 34.1 Å². The summed E-state index contributed by atoms with van der Waals surface area (Å²) >= 11 is 0. The zero-order chi connectivity index (χ0) is 32.2. The van der Waals surface area contributed by atoms with Crippen molar-refractivity contribution in [2.24, 2.45) is 17.3 Å². The Morgan fingerprint density at radius 3 is 2.57 bits per heavy atom. The highest BCUT2D eigenvalue weighted by Crippen LogP contribution is 2.50. The highest BCUT2D eigenvalue weighted by atomic mass is 19.3. The average Bonchev–Trinajstić information content (AvgIpc) is 3.45. The Balaban J connectivity index is 1.59. The molecule has 6 atom stereocenters. The fourth-order valence-corrected chi connectivity index (χ4v) is 6.49. The van der Waals surface area contributed by atoms with Crippen molar-refractivity contribution in [3.63, 3.8) is 0 Å². The normalized spacial score (nSPS) is 30.9. The van der Waals surface area contributed by atoms with Crippen LogP contribution in [0.1, 0.15) is 84.9 Å². The largest absolute Gasteiger partial charge is 0.471 e. The highest BCUT2D eigenvalue weighted by Gasteiger charge is 2.54. The van der Waals surface area contributed by atoms with Crippen molar-refractivity contribution >= 4 is 28.8 Å². The van der Waals surface area contributed by atoms with Crippen LogP contribution in [0.25, 0.3) is 11.0 Å². The van der Waals surface area contributed by atoms with Crippen LogP contribution < -0.4 is 10.1 Å². The smallest absolute Gasteiger partial charge is 0.408 e. The summed E-state index contributed by atoms with van der Waals surface area (Å²) in [5.74, 6) is -5.17. The number of Topliss-reactive ketones (excluding diaryl/α,β-unsaturated/α-hetero) is 1. The van der Waals surface area contributed by atoms with Gasteiger partial charge in [0.15, 0.2) is 11.5 Å². The van der Waals surface area contributed by atoms with E-state index in [-0.39, 0.29) is 41.3 Å². The molecular weight excluding hydrogens is 572 g/mol. The third kappa shape index (κ3) is 6.06. The fraction of sp³-hybridized carbons (Fsp3) is 0.625. The van der Waals surface area contributed by atoms with Crippen LogP contribution in [0.5, 0.6) is 5.88 Å². The van der Waals surface area contributed by atoms with Crippen molar-refractivity contribution < 1.29 is 32.6 Å². The molecule has 12 heteroatoms. The van der Waals surface area contributed by atoms with Gasteiger partial charge >= 0.3 is 6.09 Å². The molecule has 3 aliphatic rings. The Morgan fingerprint density at radius 2 is 1.91 bits per heavy atom. The van der Waals surface area contributed by atoms with Crippen molar-refractivity contribution in [2.45, 2.75) is 103 Å². The van der Waals surface area contributed by atoms with Gasteiger partial charge in [-0.05, 0) is 56.7 Å². The fourth-order valence-electron chi connectivity index (χ4n) is 6.49. The number of carbonyl (C=O) groups is 3. The lowest BCUT2D eigenvalue weighted by molar-refractivity contribution is -0.141. The topological polar surface area (TPSA) is 135 Å². The van der Waals surface area contributed by atoms with Gasteiger partial charge in [0.25, 0.3) is 5.92 Å². The Morgan fingerprint density at radius 1 is 1.18 bits per heavy atom. The number of alkyl halides is 2. The first kappa shape index (κ1) is 31.5. The molecule has 2 fully saturated rings. The maximum Gasteiger partial charge on any atom is 0.408 e. The summed E-state index contributed by atoms with van der Waals surface area (Å²) in [5.41, 5.74) is -1.42. The summed E-state index contributed by atoms with van der Waals surface area (Å²) in [6, 6.07) is 4.47. The molecule has 3 heterocycles. The first-order chi connectivity index (χ1) is 20.5. The van der Waals surface area contributed by atoms with E-state index >= 15 is 8.78 Å². The Kier molecular flexibility index (Phi) is 8.06. The molecule has 2 bridgehead atoms. The number of alkyl carbamates (subject to hydrolysis) is 1. The van der Waals surface area contributed by atoms with E-state index in [1.165, 1.54) is 30.0 Å². The summed E-state index contributed by atoms with van der Waals surface area (Å²) in [6.07, 6.45) is -0.242. The first-order valence-corrected chi connectivity index (χ1v) is 15.1. The molecule has 10 nitrogen and oxygen atoms in total. The number of amides is 2. The Labute approximate surface area is 255 Å². The van der Waals surface area contributed by atoms with Crippen LogP contribution in [0.15, 0.2) is 18.2 Å². The lowest BCUT2D eigenvalue weighted by atomic mass is 9.85. The van der Waals surface area contributed by atoms with Gasteiger partial charge in [0.2, 0.25) is 11.8 Å². The van der Waals surface area contributed by atoms with E-state index in [0.29, 0.717) is 19.3 Å². The second-order valence-corrected chi connectivity index (χ2v) is 13.8. The standard InChI is InChI=1S/C32H39F2N5O5/c1-17-23-16-39(24(17)18(2)40)28(41)26(30(3,4)5)38-29(42)44-31(6)14-20(31)9-7-8-12-32(33,34)25-27(43-23)37-22-13-19(15-35)10-11-21(22)36-25/h10-11,13,17,20,23-24,26H,7-9,12,14,16H2,1-6H3,(H,38,42)/t17-,20-,23+,24+,26-,31-/m1/s1. The first-order valence-electron chi connectivity index (χ1n) is 15.1. The van der Waals surface area contributed by atoms with E-state index in [0.717, 1.165) is 0 Å². The summed E-state index contributed by atoms with van der Waals surface area (Å²) in [7, 11) is 0. The zero-order valence-corrected chi connectivity index (χ0v) is 25.9. The molecule has 1 N–H and O–H groups in total. The third-order valence-corrected chi connectivity index (χ3v) is 9.22. The summed E-state index contributed by atoms with van der Waals surface area (Å²) < 4.78 is 43.7. The molecular formula is C32H39F2N5O5. The minimum atomic E-state index is -3.40. The molecule has 0 radical (unpaired) electrons. The molecule has 0 unspecified atom stereocenters. The van der Waals surface area contributed by atoms with Gasteiger partial charge in [0.1, 0.15) is 17.7 Å². The number of ketones is 1. The number of hydrogen-bond acceptors (Lipinski definition) is 8. The molecule has 44 heavy (non-hydrogen) atoms. The van der Waals surface area contributed by atoms with E-state index in [1.807, 2.05) is 13.0 Å². The SMILES string of the molecule is CC(=O)[C@@H]1[C@H](C)[C@@H]2CN1C(=O)[C@H](C(C)(C)C)NC(=O)O[C@]1(C)C[C@H]1CCCCC(F)(F)c1nc3ccc(C#N)cc3nc1O2. The summed E-state index contributed by atoms with van der Waals surface area (Å²) in [5, 5.41) is 12.1. The number of aromatic nitrogens is 2. The third-order valence-electron chi connectivity index (χ3n) is 9.22. The maximum atomic E-state index is 15.9. The number of carbonyl (C=O) groups excluding carboxylic acids is 3. The number of ether oxygens (including phenoxy) is 2. The van der Waals surface area contributed by atoms with Gasteiger partial charge in [-0.25, -0.2) is 14.8 Å². The van der Waals surface area contributed by atoms with Crippen molar-refractivity contribution in [1.29, 1.82) is 5.26 Å². The van der Waals surface area contributed by atoms with Gasteiger partial charge in [-0.2, -0.15) is 14.0 Å². The number of nitrogens with zero attached hydrogens (tertiary/aromatic N) is 4. The monoisotopic (exact) mass is 611 g/mol. The molecule has 2 amide bonds. The van der Waals surface area contributed by atoms with Gasteiger partial charge in [-0.15, -0.1) is 0 Å². The summed E-state index contributed by atoms with van der Waals surface area (Å²) in [6.45, 7) is 10.2. The van der Waals surface area contributed by atoms with Gasteiger partial charge in [0.05, 0.1) is 35.3 Å². The molecule has 1 saturated carbocycles. The van der Waals surface area contributed by atoms with Crippen LogP contribution in [0.2, 0.25) is 0 Å². The van der Waals surface area contributed by atoms with E-state index in [9.17, 15) is 19.6 Å². The molecule has 2 aromatic rings. The molecule has 5 rings (SSSR count). The van der Waals surface area contributed by atoms with Crippen LogP contribution >= 0.6 is 0 Å². The molecule has 1 aromatic heterocycles. The molecule has 1 saturated heterocycles. The number of rotatable bonds is 1. The highest BCUT2D eigenvalue weighted by molar-refractivity contribution is 5.92. The summed E-state index contributed by atoms with van der Waals surface area (Å²) in [4.78, 5) is 50.1. The number of nitriles is 1. The van der Waals surface area contributed by atoms with E-state index in [4.69, 9.17) is 9.47 Å². The van der Waals surface area contributed by atoms with Crippen LogP contribution in [0, 0.1) is 28.6 Å². The van der Waals surface area contributed by atoms with Gasteiger partial charge in [-0.3, -0.25) is 9.59 Å².